The Kier molecular flexibility index (Phi) is 4.54. The maximum atomic E-state index is 11.3. The van der Waals surface area contributed by atoms with Gasteiger partial charge >= 0.3 is 5.97 Å². The highest BCUT2D eigenvalue weighted by Crippen LogP contribution is 2.22. The summed E-state index contributed by atoms with van der Waals surface area (Å²) in [5.74, 6) is 0.205. The Morgan fingerprint density at radius 1 is 1.40 bits per heavy atom. The van der Waals surface area contributed by atoms with Gasteiger partial charge in [0.1, 0.15) is 6.04 Å². The third-order valence-electron chi connectivity index (χ3n) is 3.35. The van der Waals surface area contributed by atoms with Crippen LogP contribution >= 0.6 is 0 Å². The van der Waals surface area contributed by atoms with E-state index in [9.17, 15) is 9.90 Å². The molecule has 0 aromatic carbocycles. The van der Waals surface area contributed by atoms with Crippen LogP contribution in [0.15, 0.2) is 0 Å². The number of methoxy groups -OCH3 is 1. The predicted molar refractivity (Wildman–Crippen MR) is 57.5 cm³/mol. The van der Waals surface area contributed by atoms with Crippen LogP contribution in [0.25, 0.3) is 0 Å². The number of hydrogen-bond acceptors (Lipinski definition) is 4. The molecule has 0 spiro atoms. The zero-order valence-corrected chi connectivity index (χ0v) is 9.77. The Morgan fingerprint density at radius 2 is 1.93 bits per heavy atom. The average Bonchev–Trinajstić information content (AvgIpc) is 2.27. The lowest BCUT2D eigenvalue weighted by molar-refractivity contribution is -0.147. The number of ether oxygens (including phenoxy) is 1. The molecule has 4 heteroatoms. The number of rotatable bonds is 3. The largest absolute Gasteiger partial charge is 0.468 e. The molecule has 1 aliphatic rings. The molecule has 4 nitrogen and oxygen atoms in total. The van der Waals surface area contributed by atoms with Crippen LogP contribution in [0.3, 0.4) is 0 Å². The summed E-state index contributed by atoms with van der Waals surface area (Å²) in [4.78, 5) is 13.4. The van der Waals surface area contributed by atoms with Gasteiger partial charge in [-0.1, -0.05) is 0 Å². The van der Waals surface area contributed by atoms with E-state index >= 15 is 0 Å². The molecule has 88 valence electrons. The summed E-state index contributed by atoms with van der Waals surface area (Å²) in [6.07, 6.45) is 1.68. The van der Waals surface area contributed by atoms with Crippen molar-refractivity contribution in [3.63, 3.8) is 0 Å². The molecular weight excluding hydrogens is 194 g/mol. The van der Waals surface area contributed by atoms with Crippen LogP contribution in [0.1, 0.15) is 26.7 Å². The molecule has 0 amide bonds. The summed E-state index contributed by atoms with van der Waals surface area (Å²) in [7, 11) is 1.42. The van der Waals surface area contributed by atoms with Crippen LogP contribution in [-0.4, -0.2) is 48.3 Å². The number of hydrogen-bond donors (Lipinski definition) is 1. The number of nitrogens with zero attached hydrogens (tertiary/aromatic N) is 1. The molecule has 0 aromatic rings. The topological polar surface area (TPSA) is 49.8 Å². The Labute approximate surface area is 91.2 Å². The van der Waals surface area contributed by atoms with Crippen LogP contribution in [0, 0.1) is 5.92 Å². The fraction of sp³-hybridized carbons (Fsp3) is 0.909. The van der Waals surface area contributed by atoms with Crippen LogP contribution in [0.2, 0.25) is 0 Å². The van der Waals surface area contributed by atoms with Gasteiger partial charge in [-0.2, -0.15) is 0 Å². The predicted octanol–water partition coefficient (Wildman–Crippen LogP) is 0.641. The van der Waals surface area contributed by atoms with Gasteiger partial charge in [0.05, 0.1) is 13.2 Å². The van der Waals surface area contributed by atoms with Crippen molar-refractivity contribution in [3.05, 3.63) is 0 Å². The summed E-state index contributed by atoms with van der Waals surface area (Å²) in [5, 5.41) is 9.45. The highest BCUT2D eigenvalue weighted by atomic mass is 16.5. The number of carbonyl (C=O) groups is 1. The van der Waals surface area contributed by atoms with Crippen LogP contribution < -0.4 is 0 Å². The summed E-state index contributed by atoms with van der Waals surface area (Å²) >= 11 is 0. The van der Waals surface area contributed by atoms with Crippen molar-refractivity contribution >= 4 is 5.97 Å². The Hall–Kier alpha value is -0.610. The average molecular weight is 215 g/mol. The molecule has 1 aliphatic heterocycles. The van der Waals surface area contributed by atoms with Gasteiger partial charge in [-0.05, 0) is 45.7 Å². The standard InChI is InChI=1S/C11H21NO3/c1-8(11(14)15-3)12-6-4-10(5-7-12)9(2)13/h8-10,13H,4-7H2,1-3H3. The molecule has 1 rings (SSSR count). The van der Waals surface area contributed by atoms with Crippen molar-refractivity contribution in [1.29, 1.82) is 0 Å². The fourth-order valence-corrected chi connectivity index (χ4v) is 2.11. The first-order chi connectivity index (χ1) is 7.06. The molecule has 1 N–H and O–H groups in total. The van der Waals surface area contributed by atoms with E-state index < -0.39 is 0 Å². The fourth-order valence-electron chi connectivity index (χ4n) is 2.11. The normalized spacial score (nSPS) is 23.5. The van der Waals surface area contributed by atoms with Crippen molar-refractivity contribution in [2.75, 3.05) is 20.2 Å². The van der Waals surface area contributed by atoms with Crippen molar-refractivity contribution in [3.8, 4) is 0 Å². The van der Waals surface area contributed by atoms with E-state index in [0.29, 0.717) is 5.92 Å². The second kappa shape index (κ2) is 5.47. The smallest absolute Gasteiger partial charge is 0.322 e. The van der Waals surface area contributed by atoms with E-state index in [-0.39, 0.29) is 18.1 Å². The number of aliphatic hydroxyl groups is 1. The lowest BCUT2D eigenvalue weighted by Gasteiger charge is -2.35. The lowest BCUT2D eigenvalue weighted by atomic mass is 9.91. The Bertz CT molecular complexity index is 210. The van der Waals surface area contributed by atoms with E-state index in [4.69, 9.17) is 4.74 Å². The van der Waals surface area contributed by atoms with Gasteiger partial charge in [0.15, 0.2) is 0 Å². The zero-order valence-electron chi connectivity index (χ0n) is 9.77. The summed E-state index contributed by atoms with van der Waals surface area (Å²) in [5.41, 5.74) is 0. The van der Waals surface area contributed by atoms with E-state index in [0.717, 1.165) is 25.9 Å². The van der Waals surface area contributed by atoms with Crippen molar-refractivity contribution in [2.45, 2.75) is 38.8 Å². The minimum absolute atomic E-state index is 0.162. The highest BCUT2D eigenvalue weighted by Gasteiger charge is 2.28. The third kappa shape index (κ3) is 3.18. The number of piperidine rings is 1. The quantitative estimate of drug-likeness (QED) is 0.702. The van der Waals surface area contributed by atoms with Gasteiger partial charge in [0.2, 0.25) is 0 Å². The van der Waals surface area contributed by atoms with Crippen LogP contribution in [0.4, 0.5) is 0 Å². The first-order valence-corrected chi connectivity index (χ1v) is 5.56. The Balaban J connectivity index is 2.40. The highest BCUT2D eigenvalue weighted by molar-refractivity contribution is 5.75. The van der Waals surface area contributed by atoms with Crippen molar-refractivity contribution in [1.82, 2.24) is 4.90 Å². The van der Waals surface area contributed by atoms with Gasteiger partial charge in [-0.15, -0.1) is 0 Å². The van der Waals surface area contributed by atoms with Gasteiger partial charge in [0, 0.05) is 0 Å². The zero-order chi connectivity index (χ0) is 11.4. The maximum absolute atomic E-state index is 11.3. The SMILES string of the molecule is COC(=O)C(C)N1CCC(C(C)O)CC1. The van der Waals surface area contributed by atoms with Crippen LogP contribution in [0.5, 0.6) is 0 Å². The molecule has 2 unspecified atom stereocenters. The summed E-state index contributed by atoms with van der Waals surface area (Å²) < 4.78 is 4.71. The van der Waals surface area contributed by atoms with E-state index in [2.05, 4.69) is 4.90 Å². The van der Waals surface area contributed by atoms with Crippen molar-refractivity contribution in [2.24, 2.45) is 5.92 Å². The Morgan fingerprint density at radius 3 is 2.33 bits per heavy atom. The van der Waals surface area contributed by atoms with E-state index in [1.165, 1.54) is 7.11 Å². The maximum Gasteiger partial charge on any atom is 0.322 e. The van der Waals surface area contributed by atoms with Crippen molar-refractivity contribution < 1.29 is 14.6 Å². The van der Waals surface area contributed by atoms with Gasteiger partial charge < -0.3 is 9.84 Å². The summed E-state index contributed by atoms with van der Waals surface area (Å²) in [6.45, 7) is 5.44. The number of esters is 1. The summed E-state index contributed by atoms with van der Waals surface area (Å²) in [6, 6.07) is -0.162. The molecule has 0 saturated carbocycles. The first-order valence-electron chi connectivity index (χ1n) is 5.56. The molecule has 0 bridgehead atoms. The van der Waals surface area contributed by atoms with E-state index in [1.807, 2.05) is 13.8 Å². The lowest BCUT2D eigenvalue weighted by Crippen LogP contribution is -2.45. The molecule has 15 heavy (non-hydrogen) atoms. The number of aliphatic hydroxyl groups excluding tert-OH is 1. The van der Waals surface area contributed by atoms with E-state index in [1.54, 1.807) is 0 Å². The monoisotopic (exact) mass is 215 g/mol. The molecule has 1 fully saturated rings. The first kappa shape index (κ1) is 12.5. The van der Waals surface area contributed by atoms with Gasteiger partial charge in [-0.25, -0.2) is 0 Å². The minimum atomic E-state index is -0.236. The molecule has 0 aromatic heterocycles. The molecule has 2 atom stereocenters. The number of carbonyl (C=O) groups excluding carboxylic acids is 1. The second-order valence-corrected chi connectivity index (χ2v) is 4.31. The molecular formula is C11H21NO3. The number of likely N-dealkylation sites (tertiary alicyclic amines) is 1. The molecule has 0 radical (unpaired) electrons. The van der Waals surface area contributed by atoms with Gasteiger partial charge in [0.25, 0.3) is 0 Å². The second-order valence-electron chi connectivity index (χ2n) is 4.31. The third-order valence-corrected chi connectivity index (χ3v) is 3.35. The van der Waals surface area contributed by atoms with Crippen LogP contribution in [-0.2, 0) is 9.53 Å². The van der Waals surface area contributed by atoms with Gasteiger partial charge in [-0.3, -0.25) is 9.69 Å². The minimum Gasteiger partial charge on any atom is -0.468 e. The molecule has 1 heterocycles. The molecule has 0 aliphatic carbocycles. The molecule has 1 saturated heterocycles.